The molecule has 1 unspecified atom stereocenters. The van der Waals surface area contributed by atoms with Gasteiger partial charge in [-0.05, 0) is 36.7 Å². The van der Waals surface area contributed by atoms with Crippen LogP contribution < -0.4 is 0 Å². The van der Waals surface area contributed by atoms with E-state index in [1.165, 1.54) is 18.0 Å². The van der Waals surface area contributed by atoms with E-state index in [9.17, 15) is 4.79 Å². The molecule has 1 fully saturated rings. The molecule has 0 aliphatic carbocycles. The number of alkyl halides is 1. The molecule has 4 nitrogen and oxygen atoms in total. The highest BCUT2D eigenvalue weighted by Crippen LogP contribution is 2.22. The molecule has 6 heteroatoms. The maximum Gasteiger partial charge on any atom is 0.267 e. The van der Waals surface area contributed by atoms with Gasteiger partial charge in [0.15, 0.2) is 0 Å². The summed E-state index contributed by atoms with van der Waals surface area (Å²) in [5.74, 6) is 0.696. The smallest absolute Gasteiger partial charge is 0.267 e. The van der Waals surface area contributed by atoms with Crippen LogP contribution in [0, 0.1) is 5.92 Å². The van der Waals surface area contributed by atoms with E-state index in [2.05, 4.69) is 25.5 Å². The topological polar surface area (TPSA) is 46.1 Å². The van der Waals surface area contributed by atoms with Gasteiger partial charge in [-0.3, -0.25) is 4.79 Å². The molecule has 0 radical (unpaired) electrons. The van der Waals surface area contributed by atoms with Gasteiger partial charge in [0.05, 0.1) is 5.69 Å². The van der Waals surface area contributed by atoms with Crippen LogP contribution in [-0.2, 0) is 6.42 Å². The molecule has 1 amide bonds. The summed E-state index contributed by atoms with van der Waals surface area (Å²) < 4.78 is 3.88. The van der Waals surface area contributed by atoms with Gasteiger partial charge < -0.3 is 4.90 Å². The minimum absolute atomic E-state index is 0.113. The number of likely N-dealkylation sites (tertiary alicyclic amines) is 1. The van der Waals surface area contributed by atoms with E-state index in [1.54, 1.807) is 0 Å². The van der Waals surface area contributed by atoms with E-state index in [0.717, 1.165) is 41.8 Å². The first-order chi connectivity index (χ1) is 8.26. The lowest BCUT2D eigenvalue weighted by Gasteiger charge is -2.31. The number of rotatable bonds is 3. The number of aromatic nitrogens is 2. The molecule has 0 bridgehead atoms. The number of amides is 1. The third-order valence-electron chi connectivity index (χ3n) is 3.11. The van der Waals surface area contributed by atoms with Crippen LogP contribution in [0.1, 0.15) is 35.1 Å². The van der Waals surface area contributed by atoms with E-state index in [-0.39, 0.29) is 5.91 Å². The van der Waals surface area contributed by atoms with Crippen molar-refractivity contribution in [2.75, 3.05) is 18.4 Å². The molecular weight excluding hydrogens is 302 g/mol. The summed E-state index contributed by atoms with van der Waals surface area (Å²) in [6, 6.07) is 0. The Morgan fingerprint density at radius 1 is 1.65 bits per heavy atom. The quantitative estimate of drug-likeness (QED) is 0.804. The number of nitrogens with zero attached hydrogens (tertiary/aromatic N) is 3. The Labute approximate surface area is 114 Å². The van der Waals surface area contributed by atoms with Gasteiger partial charge in [-0.15, -0.1) is 5.10 Å². The Hall–Kier alpha value is -0.490. The van der Waals surface area contributed by atoms with Crippen LogP contribution in [0.2, 0.25) is 0 Å². The minimum Gasteiger partial charge on any atom is -0.338 e. The highest BCUT2D eigenvalue weighted by molar-refractivity contribution is 9.09. The van der Waals surface area contributed by atoms with Crippen LogP contribution in [0.25, 0.3) is 0 Å². The minimum atomic E-state index is 0.113. The summed E-state index contributed by atoms with van der Waals surface area (Å²) in [4.78, 5) is 15.0. The van der Waals surface area contributed by atoms with Crippen molar-refractivity contribution in [1.29, 1.82) is 0 Å². The molecule has 17 heavy (non-hydrogen) atoms. The molecule has 2 rings (SSSR count). The Kier molecular flexibility index (Phi) is 4.50. The Bertz CT molecular complexity index is 396. The zero-order valence-electron chi connectivity index (χ0n) is 9.86. The molecule has 2 heterocycles. The number of hydrogen-bond acceptors (Lipinski definition) is 4. The van der Waals surface area contributed by atoms with Crippen LogP contribution in [0.5, 0.6) is 0 Å². The van der Waals surface area contributed by atoms with Gasteiger partial charge in [0.1, 0.15) is 4.88 Å². The summed E-state index contributed by atoms with van der Waals surface area (Å²) in [7, 11) is 0. The van der Waals surface area contributed by atoms with Crippen molar-refractivity contribution < 1.29 is 4.79 Å². The molecular formula is C11H16BrN3OS. The van der Waals surface area contributed by atoms with E-state index in [1.807, 2.05) is 11.8 Å². The first-order valence-corrected chi connectivity index (χ1v) is 7.82. The standard InChI is InChI=1S/C11H16BrN3OS/c1-2-9-10(17-14-13-9)11(16)15-5-3-4-8(6-12)7-15/h8H,2-7H2,1H3. The van der Waals surface area contributed by atoms with Crippen molar-refractivity contribution >= 4 is 33.4 Å². The van der Waals surface area contributed by atoms with Crippen molar-refractivity contribution in [3.05, 3.63) is 10.6 Å². The molecule has 1 aliphatic heterocycles. The second-order valence-electron chi connectivity index (χ2n) is 4.32. The van der Waals surface area contributed by atoms with Gasteiger partial charge in [0, 0.05) is 18.4 Å². The SMILES string of the molecule is CCc1nnsc1C(=O)N1CCCC(CBr)C1. The van der Waals surface area contributed by atoms with Gasteiger partial charge in [0.25, 0.3) is 5.91 Å². The van der Waals surface area contributed by atoms with Crippen LogP contribution in [-0.4, -0.2) is 38.8 Å². The lowest BCUT2D eigenvalue weighted by molar-refractivity contribution is 0.0689. The number of piperidine rings is 1. The first kappa shape index (κ1) is 13.0. The molecule has 1 saturated heterocycles. The molecule has 1 atom stereocenters. The second kappa shape index (κ2) is 5.91. The number of carbonyl (C=O) groups is 1. The molecule has 94 valence electrons. The maximum atomic E-state index is 12.3. The average Bonchev–Trinajstić information content (AvgIpc) is 2.86. The highest BCUT2D eigenvalue weighted by Gasteiger charge is 2.26. The first-order valence-electron chi connectivity index (χ1n) is 5.92. The van der Waals surface area contributed by atoms with Crippen molar-refractivity contribution in [3.63, 3.8) is 0 Å². The zero-order chi connectivity index (χ0) is 12.3. The van der Waals surface area contributed by atoms with Gasteiger partial charge in [0.2, 0.25) is 0 Å². The summed E-state index contributed by atoms with van der Waals surface area (Å²) in [5.41, 5.74) is 0.834. The monoisotopic (exact) mass is 317 g/mol. The molecule has 0 N–H and O–H groups in total. The Morgan fingerprint density at radius 2 is 2.47 bits per heavy atom. The molecule has 0 aromatic carbocycles. The largest absolute Gasteiger partial charge is 0.338 e. The van der Waals surface area contributed by atoms with Gasteiger partial charge in [-0.2, -0.15) is 0 Å². The van der Waals surface area contributed by atoms with Crippen LogP contribution >= 0.6 is 27.5 Å². The van der Waals surface area contributed by atoms with E-state index in [4.69, 9.17) is 0 Å². The zero-order valence-corrected chi connectivity index (χ0v) is 12.3. The van der Waals surface area contributed by atoms with Crippen molar-refractivity contribution in [3.8, 4) is 0 Å². The van der Waals surface area contributed by atoms with Crippen molar-refractivity contribution in [1.82, 2.24) is 14.5 Å². The van der Waals surface area contributed by atoms with Gasteiger partial charge in [-0.25, -0.2) is 0 Å². The van der Waals surface area contributed by atoms with Crippen LogP contribution in [0.15, 0.2) is 0 Å². The summed E-state index contributed by atoms with van der Waals surface area (Å²) in [6.07, 6.45) is 3.07. The normalized spacial score (nSPS) is 20.6. The Morgan fingerprint density at radius 3 is 3.18 bits per heavy atom. The lowest BCUT2D eigenvalue weighted by Crippen LogP contribution is -2.40. The number of aryl methyl sites for hydroxylation is 1. The molecule has 1 aliphatic rings. The molecule has 1 aromatic heterocycles. The molecule has 1 aromatic rings. The third-order valence-corrected chi connectivity index (χ3v) is 4.78. The van der Waals surface area contributed by atoms with Gasteiger partial charge in [-0.1, -0.05) is 27.3 Å². The average molecular weight is 318 g/mol. The van der Waals surface area contributed by atoms with E-state index >= 15 is 0 Å². The predicted molar refractivity (Wildman–Crippen MR) is 71.7 cm³/mol. The second-order valence-corrected chi connectivity index (χ2v) is 5.72. The fourth-order valence-corrected chi connectivity index (χ4v) is 3.37. The summed E-state index contributed by atoms with van der Waals surface area (Å²) >= 11 is 4.73. The third kappa shape index (κ3) is 2.85. The van der Waals surface area contributed by atoms with Crippen molar-refractivity contribution in [2.24, 2.45) is 5.92 Å². The number of carbonyl (C=O) groups excluding carboxylic acids is 1. The van der Waals surface area contributed by atoms with Gasteiger partial charge >= 0.3 is 0 Å². The van der Waals surface area contributed by atoms with Crippen molar-refractivity contribution in [2.45, 2.75) is 26.2 Å². The van der Waals surface area contributed by atoms with E-state index < -0.39 is 0 Å². The fraction of sp³-hybridized carbons (Fsp3) is 0.727. The highest BCUT2D eigenvalue weighted by atomic mass is 79.9. The summed E-state index contributed by atoms with van der Waals surface area (Å²) in [6.45, 7) is 3.72. The number of hydrogen-bond donors (Lipinski definition) is 0. The number of halogens is 1. The van der Waals surface area contributed by atoms with E-state index in [0.29, 0.717) is 5.92 Å². The molecule has 0 spiro atoms. The summed E-state index contributed by atoms with van der Waals surface area (Å²) in [5, 5.41) is 4.97. The molecule has 0 saturated carbocycles. The Balaban J connectivity index is 2.09. The fourth-order valence-electron chi connectivity index (χ4n) is 2.12. The maximum absolute atomic E-state index is 12.3. The predicted octanol–water partition coefficient (Wildman–Crippen LogP) is 2.35. The van der Waals surface area contributed by atoms with Crippen LogP contribution in [0.4, 0.5) is 0 Å². The lowest BCUT2D eigenvalue weighted by atomic mass is 10.00. The van der Waals surface area contributed by atoms with Crippen LogP contribution in [0.3, 0.4) is 0 Å².